The first kappa shape index (κ1) is 26.0. The highest BCUT2D eigenvalue weighted by Crippen LogP contribution is 2.41. The van der Waals surface area contributed by atoms with Crippen LogP contribution in [0.4, 0.5) is 0 Å². The molecule has 7 heteroatoms. The molecule has 0 radical (unpaired) electrons. The van der Waals surface area contributed by atoms with Crippen LogP contribution in [0.5, 0.6) is 17.2 Å². The van der Waals surface area contributed by atoms with Crippen LogP contribution >= 0.6 is 31.9 Å². The standard InChI is InChI=1S/C27H26Br2O5/c1-16(2)21-15-20(14-19(25(21)31)10-9-17-7-5-4-6-8-17)34-26-22(28)11-18(12-23(26)29)13-24(30)27(32)33-3/h4-12,14-16,24,30-31H,13H2,1-3H3. The second kappa shape index (κ2) is 11.7. The van der Waals surface area contributed by atoms with Crippen LogP contribution < -0.4 is 4.74 Å². The number of rotatable bonds is 8. The molecule has 3 aromatic carbocycles. The van der Waals surface area contributed by atoms with Crippen molar-refractivity contribution in [1.29, 1.82) is 0 Å². The Labute approximate surface area is 216 Å². The number of aromatic hydroxyl groups is 1. The molecule has 34 heavy (non-hydrogen) atoms. The van der Waals surface area contributed by atoms with Crippen molar-refractivity contribution in [2.24, 2.45) is 0 Å². The van der Waals surface area contributed by atoms with Gasteiger partial charge < -0.3 is 19.7 Å². The molecular formula is C27H26Br2O5. The average Bonchev–Trinajstić information content (AvgIpc) is 2.81. The normalized spacial score (nSPS) is 12.2. The molecule has 1 unspecified atom stereocenters. The minimum Gasteiger partial charge on any atom is -0.507 e. The first-order valence-corrected chi connectivity index (χ1v) is 12.3. The number of phenols is 1. The predicted molar refractivity (Wildman–Crippen MR) is 141 cm³/mol. The topological polar surface area (TPSA) is 76.0 Å². The summed E-state index contributed by atoms with van der Waals surface area (Å²) in [4.78, 5) is 11.5. The first-order chi connectivity index (χ1) is 16.2. The molecule has 0 aliphatic carbocycles. The number of hydrogen-bond acceptors (Lipinski definition) is 5. The number of aliphatic hydroxyl groups excluding tert-OH is 1. The Balaban J connectivity index is 1.93. The van der Waals surface area contributed by atoms with Crippen LogP contribution in [0.25, 0.3) is 12.2 Å². The Morgan fingerprint density at radius 3 is 2.26 bits per heavy atom. The molecule has 0 amide bonds. The third-order valence-electron chi connectivity index (χ3n) is 5.20. The van der Waals surface area contributed by atoms with Crippen molar-refractivity contribution in [2.45, 2.75) is 32.3 Å². The highest BCUT2D eigenvalue weighted by atomic mass is 79.9. The lowest BCUT2D eigenvalue weighted by molar-refractivity contribution is -0.150. The van der Waals surface area contributed by atoms with E-state index in [2.05, 4.69) is 36.6 Å². The highest BCUT2D eigenvalue weighted by molar-refractivity contribution is 9.11. The van der Waals surface area contributed by atoms with Crippen LogP contribution in [0.15, 0.2) is 63.5 Å². The molecule has 178 valence electrons. The van der Waals surface area contributed by atoms with Gasteiger partial charge in [-0.15, -0.1) is 0 Å². The van der Waals surface area contributed by atoms with Crippen molar-refractivity contribution in [3.8, 4) is 17.2 Å². The fraction of sp³-hybridized carbons (Fsp3) is 0.222. The van der Waals surface area contributed by atoms with E-state index in [4.69, 9.17) is 4.74 Å². The summed E-state index contributed by atoms with van der Waals surface area (Å²) in [5, 5.41) is 20.8. The largest absolute Gasteiger partial charge is 0.507 e. The molecule has 0 fully saturated rings. The van der Waals surface area contributed by atoms with E-state index in [0.717, 1.165) is 16.7 Å². The average molecular weight is 590 g/mol. The molecule has 1 atom stereocenters. The van der Waals surface area contributed by atoms with Crippen LogP contribution in [-0.2, 0) is 16.0 Å². The Morgan fingerprint density at radius 2 is 1.68 bits per heavy atom. The molecule has 3 aromatic rings. The number of hydrogen-bond donors (Lipinski definition) is 2. The van der Waals surface area contributed by atoms with Crippen LogP contribution in [0, 0.1) is 0 Å². The number of methoxy groups -OCH3 is 1. The third-order valence-corrected chi connectivity index (χ3v) is 6.38. The van der Waals surface area contributed by atoms with Crippen LogP contribution in [0.2, 0.25) is 0 Å². The van der Waals surface area contributed by atoms with Crippen molar-refractivity contribution in [3.63, 3.8) is 0 Å². The van der Waals surface area contributed by atoms with Gasteiger partial charge in [-0.1, -0.05) is 56.3 Å². The molecule has 0 spiro atoms. The lowest BCUT2D eigenvalue weighted by Crippen LogP contribution is -2.24. The van der Waals surface area contributed by atoms with Crippen molar-refractivity contribution in [3.05, 3.63) is 85.8 Å². The molecule has 0 heterocycles. The van der Waals surface area contributed by atoms with Gasteiger partial charge in [0.2, 0.25) is 0 Å². The fourth-order valence-electron chi connectivity index (χ4n) is 3.42. The minimum atomic E-state index is -1.25. The van der Waals surface area contributed by atoms with Crippen molar-refractivity contribution >= 4 is 50.0 Å². The SMILES string of the molecule is COC(=O)C(O)Cc1cc(Br)c(Oc2cc(C=Cc3ccccc3)c(O)c(C(C)C)c2)c(Br)c1. The first-order valence-electron chi connectivity index (χ1n) is 10.7. The number of halogens is 2. The highest BCUT2D eigenvalue weighted by Gasteiger charge is 2.19. The van der Waals surface area contributed by atoms with Gasteiger partial charge in [0.1, 0.15) is 11.5 Å². The van der Waals surface area contributed by atoms with E-state index in [1.807, 2.05) is 62.4 Å². The van der Waals surface area contributed by atoms with Gasteiger partial charge in [-0.25, -0.2) is 4.79 Å². The summed E-state index contributed by atoms with van der Waals surface area (Å²) in [6.45, 7) is 4.02. The van der Waals surface area contributed by atoms with E-state index in [0.29, 0.717) is 26.0 Å². The number of esters is 1. The molecule has 0 bridgehead atoms. The van der Waals surface area contributed by atoms with E-state index in [1.54, 1.807) is 18.2 Å². The summed E-state index contributed by atoms with van der Waals surface area (Å²) < 4.78 is 12.1. The molecular weight excluding hydrogens is 564 g/mol. The Kier molecular flexibility index (Phi) is 8.94. The summed E-state index contributed by atoms with van der Waals surface area (Å²) in [6, 6.07) is 17.0. The van der Waals surface area contributed by atoms with E-state index in [9.17, 15) is 15.0 Å². The number of ether oxygens (including phenoxy) is 2. The maximum absolute atomic E-state index is 11.5. The molecule has 0 aliphatic rings. The second-order valence-corrected chi connectivity index (χ2v) is 9.79. The van der Waals surface area contributed by atoms with Gasteiger partial charge in [-0.2, -0.15) is 0 Å². The fourth-order valence-corrected chi connectivity index (χ4v) is 4.86. The number of carbonyl (C=O) groups excluding carboxylic acids is 1. The van der Waals surface area contributed by atoms with Gasteiger partial charge in [-0.3, -0.25) is 0 Å². The number of aliphatic hydroxyl groups is 1. The van der Waals surface area contributed by atoms with Crippen LogP contribution in [-0.4, -0.2) is 29.4 Å². The quantitative estimate of drug-likeness (QED) is 0.217. The maximum Gasteiger partial charge on any atom is 0.335 e. The van der Waals surface area contributed by atoms with Crippen LogP contribution in [0.3, 0.4) is 0 Å². The van der Waals surface area contributed by atoms with Gasteiger partial charge in [0.25, 0.3) is 0 Å². The number of carbonyl (C=O) groups is 1. The van der Waals surface area contributed by atoms with Crippen LogP contribution in [0.1, 0.15) is 42.0 Å². The minimum absolute atomic E-state index is 0.0847. The van der Waals surface area contributed by atoms with E-state index in [-0.39, 0.29) is 18.1 Å². The monoisotopic (exact) mass is 588 g/mol. The van der Waals surface area contributed by atoms with E-state index in [1.165, 1.54) is 7.11 Å². The summed E-state index contributed by atoms with van der Waals surface area (Å²) in [5.74, 6) is 0.725. The lowest BCUT2D eigenvalue weighted by atomic mass is 9.98. The van der Waals surface area contributed by atoms with Gasteiger partial charge in [-0.05, 0) is 73.2 Å². The Morgan fingerprint density at radius 1 is 1.03 bits per heavy atom. The van der Waals surface area contributed by atoms with E-state index < -0.39 is 12.1 Å². The smallest absolute Gasteiger partial charge is 0.335 e. The molecule has 0 aliphatic heterocycles. The molecule has 2 N–H and O–H groups in total. The molecule has 0 aromatic heterocycles. The number of phenolic OH excluding ortho intramolecular Hbond substituents is 1. The zero-order valence-electron chi connectivity index (χ0n) is 19.1. The second-order valence-electron chi connectivity index (χ2n) is 8.08. The third kappa shape index (κ3) is 6.50. The van der Waals surface area contributed by atoms with Gasteiger partial charge in [0.15, 0.2) is 11.9 Å². The molecule has 5 nitrogen and oxygen atoms in total. The molecule has 0 saturated carbocycles. The maximum atomic E-state index is 11.5. The summed E-state index contributed by atoms with van der Waals surface area (Å²) >= 11 is 7.05. The lowest BCUT2D eigenvalue weighted by Gasteiger charge is -2.17. The van der Waals surface area contributed by atoms with Gasteiger partial charge >= 0.3 is 5.97 Å². The number of benzene rings is 3. The summed E-state index contributed by atoms with van der Waals surface area (Å²) in [6.07, 6.45) is 2.66. The molecule has 0 saturated heterocycles. The van der Waals surface area contributed by atoms with Gasteiger partial charge in [0, 0.05) is 17.5 Å². The van der Waals surface area contributed by atoms with E-state index >= 15 is 0 Å². The zero-order chi connectivity index (χ0) is 24.8. The van der Waals surface area contributed by atoms with Gasteiger partial charge in [0.05, 0.1) is 16.1 Å². The zero-order valence-corrected chi connectivity index (χ0v) is 22.3. The molecule has 3 rings (SSSR count). The van der Waals surface area contributed by atoms with Crippen molar-refractivity contribution in [1.82, 2.24) is 0 Å². The Hall–Kier alpha value is -2.61. The Bertz CT molecular complexity index is 1170. The predicted octanol–water partition coefficient (Wildman–Crippen LogP) is 7.08. The summed E-state index contributed by atoms with van der Waals surface area (Å²) in [7, 11) is 1.24. The van der Waals surface area contributed by atoms with Crippen molar-refractivity contribution in [2.75, 3.05) is 7.11 Å². The van der Waals surface area contributed by atoms with Crippen molar-refractivity contribution < 1.29 is 24.5 Å². The summed E-state index contributed by atoms with van der Waals surface area (Å²) in [5.41, 5.74) is 3.17.